The van der Waals surface area contributed by atoms with Gasteiger partial charge in [-0.15, -0.1) is 0 Å². The van der Waals surface area contributed by atoms with Gasteiger partial charge in [0.05, 0.1) is 6.10 Å². The van der Waals surface area contributed by atoms with E-state index in [4.69, 9.17) is 9.47 Å². The lowest BCUT2D eigenvalue weighted by molar-refractivity contribution is 0.106. The number of benzene rings is 1. The van der Waals surface area contributed by atoms with Gasteiger partial charge in [0.2, 0.25) is 0 Å². The summed E-state index contributed by atoms with van der Waals surface area (Å²) in [6, 6.07) is 4.81. The molecule has 106 valence electrons. The molecule has 2 atom stereocenters. The van der Waals surface area contributed by atoms with Crippen LogP contribution in [0.25, 0.3) is 0 Å². The molecule has 0 aliphatic carbocycles. The molecule has 3 nitrogen and oxygen atoms in total. The van der Waals surface area contributed by atoms with Crippen LogP contribution in [0.5, 0.6) is 5.75 Å². The molecule has 1 N–H and O–H groups in total. The Morgan fingerprint density at radius 1 is 1.58 bits per heavy atom. The van der Waals surface area contributed by atoms with Gasteiger partial charge < -0.3 is 14.8 Å². The third-order valence-electron chi connectivity index (χ3n) is 3.05. The smallest absolute Gasteiger partial charge is 0.166 e. The molecule has 1 heterocycles. The first-order valence-corrected chi connectivity index (χ1v) is 7.38. The maximum absolute atomic E-state index is 13.6. The third kappa shape index (κ3) is 4.75. The van der Waals surface area contributed by atoms with E-state index in [1.807, 2.05) is 6.92 Å². The van der Waals surface area contributed by atoms with Crippen LogP contribution in [0.3, 0.4) is 0 Å². The summed E-state index contributed by atoms with van der Waals surface area (Å²) in [5.41, 5.74) is 0. The van der Waals surface area contributed by atoms with Crippen LogP contribution >= 0.6 is 15.9 Å². The van der Waals surface area contributed by atoms with Gasteiger partial charge in [0.25, 0.3) is 0 Å². The first kappa shape index (κ1) is 14.8. The molecule has 1 saturated heterocycles. The second kappa shape index (κ2) is 7.22. The molecule has 1 aromatic rings. The molecule has 1 fully saturated rings. The summed E-state index contributed by atoms with van der Waals surface area (Å²) < 4.78 is 25.4. The summed E-state index contributed by atoms with van der Waals surface area (Å²) >= 11 is 3.22. The van der Waals surface area contributed by atoms with Crippen LogP contribution in [-0.4, -0.2) is 31.9 Å². The lowest BCUT2D eigenvalue weighted by Gasteiger charge is -2.17. The highest BCUT2D eigenvalue weighted by atomic mass is 79.9. The lowest BCUT2D eigenvalue weighted by atomic mass is 10.2. The second-order valence-corrected chi connectivity index (χ2v) is 5.71. The molecule has 0 spiro atoms. The standard InChI is InChI=1S/C14H19BrFNO2/c1-10(8-17-9-12-3-2-6-18-12)19-14-5-4-11(15)7-13(14)16/h4-5,7,10,12,17H,2-3,6,8-9H2,1H3. The SMILES string of the molecule is CC(CNCC1CCCO1)Oc1ccc(Br)cc1F. The lowest BCUT2D eigenvalue weighted by Crippen LogP contribution is -2.34. The Kier molecular flexibility index (Phi) is 5.60. The number of ether oxygens (including phenoxy) is 2. The van der Waals surface area contributed by atoms with Crippen LogP contribution in [0.2, 0.25) is 0 Å². The molecule has 2 rings (SSSR count). The molecule has 0 bridgehead atoms. The molecule has 0 saturated carbocycles. The van der Waals surface area contributed by atoms with Gasteiger partial charge in [-0.05, 0) is 38.0 Å². The summed E-state index contributed by atoms with van der Waals surface area (Å²) in [6.07, 6.45) is 2.49. The van der Waals surface area contributed by atoms with Gasteiger partial charge in [-0.1, -0.05) is 15.9 Å². The van der Waals surface area contributed by atoms with Crippen molar-refractivity contribution in [1.29, 1.82) is 0 Å². The zero-order valence-corrected chi connectivity index (χ0v) is 12.6. The number of nitrogens with one attached hydrogen (secondary N) is 1. The van der Waals surface area contributed by atoms with E-state index in [9.17, 15) is 4.39 Å². The molecule has 0 radical (unpaired) electrons. The number of rotatable bonds is 6. The van der Waals surface area contributed by atoms with E-state index in [0.717, 1.165) is 26.0 Å². The minimum atomic E-state index is -0.347. The van der Waals surface area contributed by atoms with Crippen molar-refractivity contribution in [1.82, 2.24) is 5.32 Å². The summed E-state index contributed by atoms with van der Waals surface area (Å²) in [5, 5.41) is 3.30. The van der Waals surface area contributed by atoms with Gasteiger partial charge in [-0.2, -0.15) is 0 Å². The fourth-order valence-electron chi connectivity index (χ4n) is 2.08. The van der Waals surface area contributed by atoms with Crippen molar-refractivity contribution in [2.45, 2.75) is 32.0 Å². The minimum absolute atomic E-state index is 0.0860. The zero-order chi connectivity index (χ0) is 13.7. The predicted octanol–water partition coefficient (Wildman–Crippen LogP) is 3.12. The molecule has 0 aromatic heterocycles. The molecule has 2 unspecified atom stereocenters. The monoisotopic (exact) mass is 331 g/mol. The highest BCUT2D eigenvalue weighted by Gasteiger charge is 2.15. The van der Waals surface area contributed by atoms with Gasteiger partial charge in [-0.25, -0.2) is 4.39 Å². The van der Waals surface area contributed by atoms with Crippen molar-refractivity contribution in [3.05, 3.63) is 28.5 Å². The van der Waals surface area contributed by atoms with Crippen LogP contribution in [0.1, 0.15) is 19.8 Å². The fourth-order valence-corrected chi connectivity index (χ4v) is 2.42. The van der Waals surface area contributed by atoms with E-state index < -0.39 is 0 Å². The summed E-state index contributed by atoms with van der Waals surface area (Å²) in [5.74, 6) is -0.0602. The van der Waals surface area contributed by atoms with Crippen LogP contribution in [0.4, 0.5) is 4.39 Å². The average Bonchev–Trinajstić information content (AvgIpc) is 2.86. The van der Waals surface area contributed by atoms with Gasteiger partial charge in [-0.3, -0.25) is 0 Å². The largest absolute Gasteiger partial charge is 0.486 e. The Morgan fingerprint density at radius 2 is 2.42 bits per heavy atom. The highest BCUT2D eigenvalue weighted by molar-refractivity contribution is 9.10. The molecule has 1 aliphatic heterocycles. The summed E-state index contributed by atoms with van der Waals surface area (Å²) in [6.45, 7) is 4.29. The van der Waals surface area contributed by atoms with Crippen LogP contribution in [-0.2, 0) is 4.74 Å². The van der Waals surface area contributed by atoms with E-state index in [1.54, 1.807) is 12.1 Å². The van der Waals surface area contributed by atoms with Gasteiger partial charge in [0, 0.05) is 24.2 Å². The molecule has 1 aliphatic rings. The number of hydrogen-bond acceptors (Lipinski definition) is 3. The van der Waals surface area contributed by atoms with E-state index in [0.29, 0.717) is 17.1 Å². The van der Waals surface area contributed by atoms with Crippen molar-refractivity contribution in [3.8, 4) is 5.75 Å². The van der Waals surface area contributed by atoms with Gasteiger partial charge >= 0.3 is 0 Å². The van der Waals surface area contributed by atoms with E-state index >= 15 is 0 Å². The quantitative estimate of drug-likeness (QED) is 0.868. The Labute approximate surface area is 121 Å². The molecule has 19 heavy (non-hydrogen) atoms. The van der Waals surface area contributed by atoms with Crippen LogP contribution in [0.15, 0.2) is 22.7 Å². The predicted molar refractivity (Wildman–Crippen MR) is 76.0 cm³/mol. The van der Waals surface area contributed by atoms with E-state index in [2.05, 4.69) is 21.2 Å². The van der Waals surface area contributed by atoms with Crippen LogP contribution < -0.4 is 10.1 Å². The van der Waals surface area contributed by atoms with Crippen LogP contribution in [0, 0.1) is 5.82 Å². The zero-order valence-electron chi connectivity index (χ0n) is 11.0. The first-order chi connectivity index (χ1) is 9.15. The molecule has 0 amide bonds. The fraction of sp³-hybridized carbons (Fsp3) is 0.571. The summed E-state index contributed by atoms with van der Waals surface area (Å²) in [7, 11) is 0. The van der Waals surface area contributed by atoms with Crippen molar-refractivity contribution >= 4 is 15.9 Å². The van der Waals surface area contributed by atoms with Crippen molar-refractivity contribution < 1.29 is 13.9 Å². The van der Waals surface area contributed by atoms with Gasteiger partial charge in [0.1, 0.15) is 6.10 Å². The number of halogens is 2. The Morgan fingerprint density at radius 3 is 3.11 bits per heavy atom. The third-order valence-corrected chi connectivity index (χ3v) is 3.54. The normalized spacial score (nSPS) is 20.5. The van der Waals surface area contributed by atoms with Crippen molar-refractivity contribution in [2.75, 3.05) is 19.7 Å². The first-order valence-electron chi connectivity index (χ1n) is 6.59. The second-order valence-electron chi connectivity index (χ2n) is 4.80. The highest BCUT2D eigenvalue weighted by Crippen LogP contribution is 2.22. The molecular weight excluding hydrogens is 313 g/mol. The molecular formula is C14H19BrFNO2. The average molecular weight is 332 g/mol. The van der Waals surface area contributed by atoms with Gasteiger partial charge in [0.15, 0.2) is 11.6 Å². The topological polar surface area (TPSA) is 30.5 Å². The van der Waals surface area contributed by atoms with Crippen molar-refractivity contribution in [3.63, 3.8) is 0 Å². The Balaban J connectivity index is 1.72. The minimum Gasteiger partial charge on any atom is -0.486 e. The Bertz CT molecular complexity index is 410. The van der Waals surface area contributed by atoms with Crippen molar-refractivity contribution in [2.24, 2.45) is 0 Å². The molecule has 5 heteroatoms. The van der Waals surface area contributed by atoms with E-state index in [-0.39, 0.29) is 17.7 Å². The maximum Gasteiger partial charge on any atom is 0.166 e. The Hall–Kier alpha value is -0.650. The number of hydrogen-bond donors (Lipinski definition) is 1. The maximum atomic E-state index is 13.6. The summed E-state index contributed by atoms with van der Waals surface area (Å²) in [4.78, 5) is 0. The molecule has 1 aromatic carbocycles. The van der Waals surface area contributed by atoms with E-state index in [1.165, 1.54) is 6.07 Å².